The first-order valence-electron chi connectivity index (χ1n) is 5.57. The highest BCUT2D eigenvalue weighted by Gasteiger charge is 2.25. The highest BCUT2D eigenvalue weighted by atomic mass is 35.5. The van der Waals surface area contributed by atoms with E-state index in [1.807, 2.05) is 18.2 Å². The van der Waals surface area contributed by atoms with Crippen molar-refractivity contribution in [3.05, 3.63) is 23.4 Å². The summed E-state index contributed by atoms with van der Waals surface area (Å²) in [6.45, 7) is 5.67. The van der Waals surface area contributed by atoms with E-state index < -0.39 is 0 Å². The summed E-state index contributed by atoms with van der Waals surface area (Å²) in [4.78, 5) is 6.73. The summed E-state index contributed by atoms with van der Waals surface area (Å²) >= 11 is 5.91. The number of hydrogen-bond acceptors (Lipinski definition) is 2. The van der Waals surface area contributed by atoms with Crippen molar-refractivity contribution in [1.82, 2.24) is 4.98 Å². The number of aromatic nitrogens is 1. The van der Waals surface area contributed by atoms with Crippen LogP contribution >= 0.6 is 11.6 Å². The fourth-order valence-corrected chi connectivity index (χ4v) is 2.38. The van der Waals surface area contributed by atoms with E-state index in [2.05, 4.69) is 23.7 Å². The third-order valence-electron chi connectivity index (χ3n) is 3.37. The molecule has 0 saturated carbocycles. The second kappa shape index (κ2) is 4.40. The molecule has 1 aliphatic heterocycles. The van der Waals surface area contributed by atoms with Crippen molar-refractivity contribution < 1.29 is 0 Å². The van der Waals surface area contributed by atoms with Crippen LogP contribution in [-0.2, 0) is 0 Å². The largest absolute Gasteiger partial charge is 0.354 e. The predicted octanol–water partition coefficient (Wildman–Crippen LogP) is 3.36. The van der Waals surface area contributed by atoms with Crippen LogP contribution in [0.4, 0.5) is 5.82 Å². The highest BCUT2D eigenvalue weighted by molar-refractivity contribution is 6.29. The van der Waals surface area contributed by atoms with Crippen molar-refractivity contribution >= 4 is 17.4 Å². The molecule has 0 radical (unpaired) electrons. The molecule has 2 unspecified atom stereocenters. The molecule has 2 heterocycles. The lowest BCUT2D eigenvalue weighted by atomic mass is 9.92. The molecule has 2 atom stereocenters. The quantitative estimate of drug-likeness (QED) is 0.680. The van der Waals surface area contributed by atoms with Crippen molar-refractivity contribution in [3.63, 3.8) is 0 Å². The molecule has 15 heavy (non-hydrogen) atoms. The van der Waals surface area contributed by atoms with Crippen LogP contribution in [0, 0.1) is 5.92 Å². The van der Waals surface area contributed by atoms with E-state index in [1.54, 1.807) is 0 Å². The maximum atomic E-state index is 5.91. The van der Waals surface area contributed by atoms with Gasteiger partial charge in [-0.2, -0.15) is 0 Å². The SMILES string of the molecule is CC1CCCN(c2cccc(Cl)n2)C1C. The Morgan fingerprint density at radius 1 is 1.40 bits per heavy atom. The van der Waals surface area contributed by atoms with Gasteiger partial charge in [0.15, 0.2) is 0 Å². The minimum atomic E-state index is 0.560. The van der Waals surface area contributed by atoms with Crippen molar-refractivity contribution in [3.8, 4) is 0 Å². The summed E-state index contributed by atoms with van der Waals surface area (Å²) in [6.07, 6.45) is 2.57. The van der Waals surface area contributed by atoms with Crippen LogP contribution in [0.25, 0.3) is 0 Å². The van der Waals surface area contributed by atoms with Gasteiger partial charge in [-0.25, -0.2) is 4.98 Å². The molecule has 1 aromatic rings. The molecule has 0 N–H and O–H groups in total. The van der Waals surface area contributed by atoms with Gasteiger partial charge in [0.05, 0.1) is 0 Å². The summed E-state index contributed by atoms with van der Waals surface area (Å²) < 4.78 is 0. The third-order valence-corrected chi connectivity index (χ3v) is 3.58. The van der Waals surface area contributed by atoms with Crippen LogP contribution in [0.5, 0.6) is 0 Å². The zero-order valence-corrected chi connectivity index (χ0v) is 10.0. The van der Waals surface area contributed by atoms with Crippen molar-refractivity contribution in [1.29, 1.82) is 0 Å². The maximum Gasteiger partial charge on any atom is 0.131 e. The fraction of sp³-hybridized carbons (Fsp3) is 0.583. The van der Waals surface area contributed by atoms with Crippen molar-refractivity contribution in [2.75, 3.05) is 11.4 Å². The van der Waals surface area contributed by atoms with Gasteiger partial charge < -0.3 is 4.90 Å². The maximum absolute atomic E-state index is 5.91. The molecule has 1 aromatic heterocycles. The summed E-state index contributed by atoms with van der Waals surface area (Å²) in [6, 6.07) is 6.39. The Balaban J connectivity index is 2.22. The lowest BCUT2D eigenvalue weighted by Crippen LogP contribution is -2.42. The zero-order valence-electron chi connectivity index (χ0n) is 9.28. The fourth-order valence-electron chi connectivity index (χ4n) is 2.22. The molecule has 0 spiro atoms. The molecular weight excluding hydrogens is 208 g/mol. The van der Waals surface area contributed by atoms with E-state index in [1.165, 1.54) is 12.8 Å². The Hall–Kier alpha value is -0.760. The average molecular weight is 225 g/mol. The normalized spacial score (nSPS) is 26.7. The number of piperidine rings is 1. The van der Waals surface area contributed by atoms with E-state index >= 15 is 0 Å². The van der Waals surface area contributed by atoms with E-state index in [0.29, 0.717) is 11.2 Å². The molecule has 1 fully saturated rings. The predicted molar refractivity (Wildman–Crippen MR) is 64.5 cm³/mol. The van der Waals surface area contributed by atoms with Gasteiger partial charge in [-0.1, -0.05) is 24.6 Å². The van der Waals surface area contributed by atoms with Crippen LogP contribution in [0.2, 0.25) is 5.15 Å². The minimum absolute atomic E-state index is 0.560. The minimum Gasteiger partial charge on any atom is -0.354 e. The first kappa shape index (κ1) is 10.7. The Labute approximate surface area is 96.3 Å². The lowest BCUT2D eigenvalue weighted by Gasteiger charge is -2.38. The van der Waals surface area contributed by atoms with E-state index in [9.17, 15) is 0 Å². The number of pyridine rings is 1. The Kier molecular flexibility index (Phi) is 3.15. The smallest absolute Gasteiger partial charge is 0.131 e. The molecule has 3 heteroatoms. The van der Waals surface area contributed by atoms with Gasteiger partial charge in [0, 0.05) is 12.6 Å². The van der Waals surface area contributed by atoms with Crippen LogP contribution in [-0.4, -0.2) is 17.6 Å². The van der Waals surface area contributed by atoms with Crippen molar-refractivity contribution in [2.45, 2.75) is 32.7 Å². The molecule has 0 aliphatic carbocycles. The number of hydrogen-bond donors (Lipinski definition) is 0. The molecular formula is C12H17ClN2. The molecule has 0 aromatic carbocycles. The zero-order chi connectivity index (χ0) is 10.8. The average Bonchev–Trinajstić information content (AvgIpc) is 2.22. The molecule has 2 nitrogen and oxygen atoms in total. The van der Waals surface area contributed by atoms with Crippen molar-refractivity contribution in [2.24, 2.45) is 5.92 Å². The highest BCUT2D eigenvalue weighted by Crippen LogP contribution is 2.27. The number of anilines is 1. The molecule has 0 bridgehead atoms. The van der Waals surface area contributed by atoms with Gasteiger partial charge in [-0.15, -0.1) is 0 Å². The van der Waals surface area contributed by atoms with Crippen LogP contribution in [0.1, 0.15) is 26.7 Å². The Bertz CT molecular complexity index is 340. The van der Waals surface area contributed by atoms with Crippen LogP contribution in [0.15, 0.2) is 18.2 Å². The molecule has 1 aliphatic rings. The van der Waals surface area contributed by atoms with Gasteiger partial charge in [0.1, 0.15) is 11.0 Å². The second-order valence-electron chi connectivity index (χ2n) is 4.37. The molecule has 0 amide bonds. The third kappa shape index (κ3) is 2.25. The Morgan fingerprint density at radius 3 is 2.93 bits per heavy atom. The lowest BCUT2D eigenvalue weighted by molar-refractivity contribution is 0.361. The number of rotatable bonds is 1. The van der Waals surface area contributed by atoms with Gasteiger partial charge >= 0.3 is 0 Å². The van der Waals surface area contributed by atoms with Crippen LogP contribution in [0.3, 0.4) is 0 Å². The number of nitrogens with zero attached hydrogens (tertiary/aromatic N) is 2. The topological polar surface area (TPSA) is 16.1 Å². The summed E-state index contributed by atoms with van der Waals surface area (Å²) in [5.41, 5.74) is 0. The van der Waals surface area contributed by atoms with Gasteiger partial charge in [-0.3, -0.25) is 0 Å². The van der Waals surface area contributed by atoms with Gasteiger partial charge in [0.2, 0.25) is 0 Å². The van der Waals surface area contributed by atoms with E-state index in [-0.39, 0.29) is 0 Å². The summed E-state index contributed by atoms with van der Waals surface area (Å²) in [5, 5.41) is 0.581. The molecule has 82 valence electrons. The first-order chi connectivity index (χ1) is 7.18. The van der Waals surface area contributed by atoms with Crippen LogP contribution < -0.4 is 4.90 Å². The monoisotopic (exact) mass is 224 g/mol. The summed E-state index contributed by atoms with van der Waals surface area (Å²) in [7, 11) is 0. The summed E-state index contributed by atoms with van der Waals surface area (Å²) in [5.74, 6) is 1.75. The van der Waals surface area contributed by atoms with E-state index in [4.69, 9.17) is 11.6 Å². The van der Waals surface area contributed by atoms with Gasteiger partial charge in [0.25, 0.3) is 0 Å². The van der Waals surface area contributed by atoms with E-state index in [0.717, 1.165) is 18.3 Å². The molecule has 1 saturated heterocycles. The Morgan fingerprint density at radius 2 is 2.20 bits per heavy atom. The number of halogens is 1. The first-order valence-corrected chi connectivity index (χ1v) is 5.95. The second-order valence-corrected chi connectivity index (χ2v) is 4.76. The standard InChI is InChI=1S/C12H17ClN2/c1-9-5-4-8-15(10(9)2)12-7-3-6-11(13)14-12/h3,6-7,9-10H,4-5,8H2,1-2H3. The molecule has 2 rings (SSSR count). The van der Waals surface area contributed by atoms with Gasteiger partial charge in [-0.05, 0) is 37.8 Å².